The van der Waals surface area contributed by atoms with Gasteiger partial charge in [0.15, 0.2) is 11.5 Å². The zero-order chi connectivity index (χ0) is 19.4. The average Bonchev–Trinajstić information content (AvgIpc) is 3.18. The second-order valence-electron chi connectivity index (χ2n) is 5.66. The lowest BCUT2D eigenvalue weighted by molar-refractivity contribution is 0.0951. The summed E-state index contributed by atoms with van der Waals surface area (Å²) in [5.74, 6) is 0.295. The molecule has 0 atom stereocenters. The fraction of sp³-hybridized carbons (Fsp3) is 0.158. The molecule has 1 aromatic heterocycles. The lowest BCUT2D eigenvalue weighted by Crippen LogP contribution is -2.23. The van der Waals surface area contributed by atoms with E-state index in [4.69, 9.17) is 21.1 Å². The lowest BCUT2D eigenvalue weighted by Gasteiger charge is -2.10. The lowest BCUT2D eigenvalue weighted by atomic mass is 10.1. The van der Waals surface area contributed by atoms with Gasteiger partial charge < -0.3 is 14.8 Å². The number of H-pyrrole nitrogens is 1. The van der Waals surface area contributed by atoms with Gasteiger partial charge in [0.2, 0.25) is 0 Å². The molecule has 0 saturated heterocycles. The minimum atomic E-state index is -0.502. The van der Waals surface area contributed by atoms with E-state index in [0.717, 1.165) is 5.56 Å². The third-order valence-corrected chi connectivity index (χ3v) is 4.28. The number of hydrogen-bond acceptors (Lipinski definition) is 4. The van der Waals surface area contributed by atoms with E-state index in [2.05, 4.69) is 15.5 Å². The highest BCUT2D eigenvalue weighted by atomic mass is 35.5. The van der Waals surface area contributed by atoms with Gasteiger partial charge in [-0.2, -0.15) is 5.10 Å². The molecule has 2 N–H and O–H groups in total. The van der Waals surface area contributed by atoms with Gasteiger partial charge in [0.25, 0.3) is 5.91 Å². The smallest absolute Gasteiger partial charge is 0.255 e. The Balaban J connectivity index is 1.79. The molecule has 0 aliphatic rings. The number of nitrogens with zero attached hydrogens (tertiary/aromatic N) is 1. The fourth-order valence-electron chi connectivity index (χ4n) is 2.60. The molecule has 27 heavy (non-hydrogen) atoms. The third kappa shape index (κ3) is 4.03. The first-order valence-electron chi connectivity index (χ1n) is 8.01. The summed E-state index contributed by atoms with van der Waals surface area (Å²) in [6.45, 7) is 0.204. The van der Waals surface area contributed by atoms with Crippen LogP contribution in [0.5, 0.6) is 11.5 Å². The average molecular weight is 390 g/mol. The highest BCUT2D eigenvalue weighted by Gasteiger charge is 2.17. The van der Waals surface area contributed by atoms with Gasteiger partial charge in [-0.25, -0.2) is 4.39 Å². The van der Waals surface area contributed by atoms with Crippen LogP contribution < -0.4 is 14.8 Å². The van der Waals surface area contributed by atoms with E-state index in [-0.39, 0.29) is 17.5 Å². The van der Waals surface area contributed by atoms with Crippen molar-refractivity contribution in [2.45, 2.75) is 6.54 Å². The number of aromatic amines is 1. The van der Waals surface area contributed by atoms with Crippen molar-refractivity contribution in [3.8, 4) is 22.8 Å². The normalized spacial score (nSPS) is 10.5. The highest BCUT2D eigenvalue weighted by Crippen LogP contribution is 2.32. The Labute approximate surface area is 160 Å². The van der Waals surface area contributed by atoms with Crippen LogP contribution in [0.1, 0.15) is 15.9 Å². The summed E-state index contributed by atoms with van der Waals surface area (Å²) in [6, 6.07) is 9.59. The Kier molecular flexibility index (Phi) is 5.61. The number of nitrogens with one attached hydrogen (secondary N) is 2. The minimum absolute atomic E-state index is 0.0103. The van der Waals surface area contributed by atoms with Crippen LogP contribution in [-0.4, -0.2) is 30.3 Å². The van der Waals surface area contributed by atoms with Gasteiger partial charge in [-0.15, -0.1) is 0 Å². The van der Waals surface area contributed by atoms with Crippen molar-refractivity contribution >= 4 is 17.5 Å². The van der Waals surface area contributed by atoms with E-state index in [9.17, 15) is 9.18 Å². The number of rotatable bonds is 6. The quantitative estimate of drug-likeness (QED) is 0.672. The Morgan fingerprint density at radius 1 is 1.19 bits per heavy atom. The van der Waals surface area contributed by atoms with Crippen LogP contribution in [0, 0.1) is 5.82 Å². The molecule has 0 fully saturated rings. The maximum atomic E-state index is 13.2. The molecule has 1 heterocycles. The van der Waals surface area contributed by atoms with Crippen LogP contribution in [0.3, 0.4) is 0 Å². The molecule has 1 amide bonds. The maximum Gasteiger partial charge on any atom is 0.255 e. The van der Waals surface area contributed by atoms with Gasteiger partial charge in [-0.1, -0.05) is 17.7 Å². The Bertz CT molecular complexity index is 975. The molecule has 0 radical (unpaired) electrons. The van der Waals surface area contributed by atoms with Crippen molar-refractivity contribution in [1.29, 1.82) is 0 Å². The van der Waals surface area contributed by atoms with E-state index < -0.39 is 5.82 Å². The van der Waals surface area contributed by atoms with Crippen LogP contribution in [-0.2, 0) is 6.54 Å². The number of carbonyl (C=O) groups is 1. The minimum Gasteiger partial charge on any atom is -0.493 e. The molecule has 0 aliphatic heterocycles. The van der Waals surface area contributed by atoms with E-state index in [0.29, 0.717) is 28.3 Å². The molecular weight excluding hydrogens is 373 g/mol. The SMILES string of the molecule is COc1ccc(-c2[nH]ncc2C(=O)NCc2ccc(F)c(Cl)c2)cc1OC. The predicted molar refractivity (Wildman–Crippen MR) is 99.7 cm³/mol. The number of aromatic nitrogens is 2. The molecule has 2 aromatic carbocycles. The molecule has 0 spiro atoms. The van der Waals surface area contributed by atoms with Gasteiger partial charge in [0, 0.05) is 12.1 Å². The molecular formula is C19H17ClFN3O3. The van der Waals surface area contributed by atoms with Crippen molar-refractivity contribution in [2.24, 2.45) is 0 Å². The van der Waals surface area contributed by atoms with Gasteiger partial charge in [-0.3, -0.25) is 9.89 Å². The van der Waals surface area contributed by atoms with Crippen molar-refractivity contribution < 1.29 is 18.7 Å². The van der Waals surface area contributed by atoms with Gasteiger partial charge in [-0.05, 0) is 35.9 Å². The zero-order valence-corrected chi connectivity index (χ0v) is 15.4. The summed E-state index contributed by atoms with van der Waals surface area (Å²) < 4.78 is 23.7. The standard InChI is InChI=1S/C19H17ClFN3O3/c1-26-16-6-4-12(8-17(16)27-2)18-13(10-23-24-18)19(25)22-9-11-3-5-15(21)14(20)7-11/h3-8,10H,9H2,1-2H3,(H,22,25)(H,23,24). The van der Waals surface area contributed by atoms with Crippen molar-refractivity contribution in [3.63, 3.8) is 0 Å². The monoisotopic (exact) mass is 389 g/mol. The fourth-order valence-corrected chi connectivity index (χ4v) is 2.80. The summed E-state index contributed by atoms with van der Waals surface area (Å²) in [4.78, 5) is 12.6. The summed E-state index contributed by atoms with van der Waals surface area (Å²) in [5, 5.41) is 9.58. The van der Waals surface area contributed by atoms with E-state index >= 15 is 0 Å². The number of hydrogen-bond donors (Lipinski definition) is 2. The largest absolute Gasteiger partial charge is 0.493 e. The van der Waals surface area contributed by atoms with Crippen LogP contribution in [0.15, 0.2) is 42.6 Å². The number of benzene rings is 2. The first-order valence-corrected chi connectivity index (χ1v) is 8.39. The molecule has 3 aromatic rings. The van der Waals surface area contributed by atoms with Gasteiger partial charge in [0.05, 0.1) is 36.7 Å². The van der Waals surface area contributed by atoms with Crippen molar-refractivity contribution in [1.82, 2.24) is 15.5 Å². The van der Waals surface area contributed by atoms with E-state index in [1.807, 2.05) is 0 Å². The first-order chi connectivity index (χ1) is 13.0. The van der Waals surface area contributed by atoms with E-state index in [1.165, 1.54) is 25.4 Å². The second-order valence-corrected chi connectivity index (χ2v) is 6.07. The van der Waals surface area contributed by atoms with Crippen LogP contribution in [0.25, 0.3) is 11.3 Å². The van der Waals surface area contributed by atoms with Crippen LogP contribution >= 0.6 is 11.6 Å². The zero-order valence-electron chi connectivity index (χ0n) is 14.7. The van der Waals surface area contributed by atoms with Crippen molar-refractivity contribution in [3.05, 3.63) is 64.6 Å². The Morgan fingerprint density at radius 3 is 2.67 bits per heavy atom. The van der Waals surface area contributed by atoms with Gasteiger partial charge >= 0.3 is 0 Å². The Hall–Kier alpha value is -3.06. The van der Waals surface area contributed by atoms with Crippen LogP contribution in [0.2, 0.25) is 5.02 Å². The second kappa shape index (κ2) is 8.09. The maximum absolute atomic E-state index is 13.2. The molecule has 0 bridgehead atoms. The highest BCUT2D eigenvalue weighted by molar-refractivity contribution is 6.30. The molecule has 0 aliphatic carbocycles. The predicted octanol–water partition coefficient (Wildman–Crippen LogP) is 3.82. The van der Waals surface area contributed by atoms with E-state index in [1.54, 1.807) is 31.4 Å². The molecule has 3 rings (SSSR count). The molecule has 0 saturated carbocycles. The number of ether oxygens (including phenoxy) is 2. The van der Waals surface area contributed by atoms with Gasteiger partial charge in [0.1, 0.15) is 5.82 Å². The number of halogens is 2. The third-order valence-electron chi connectivity index (χ3n) is 3.99. The summed E-state index contributed by atoms with van der Waals surface area (Å²) in [5.41, 5.74) is 2.33. The summed E-state index contributed by atoms with van der Waals surface area (Å²) in [7, 11) is 3.09. The summed E-state index contributed by atoms with van der Waals surface area (Å²) in [6.07, 6.45) is 1.44. The van der Waals surface area contributed by atoms with Crippen molar-refractivity contribution in [2.75, 3.05) is 14.2 Å². The molecule has 6 nitrogen and oxygen atoms in total. The number of methoxy groups -OCH3 is 2. The summed E-state index contributed by atoms with van der Waals surface area (Å²) >= 11 is 5.76. The topological polar surface area (TPSA) is 76.2 Å². The Morgan fingerprint density at radius 2 is 1.96 bits per heavy atom. The number of amides is 1. The molecule has 140 valence electrons. The van der Waals surface area contributed by atoms with Crippen LogP contribution in [0.4, 0.5) is 4.39 Å². The molecule has 8 heteroatoms. The molecule has 0 unspecified atom stereocenters. The first kappa shape index (κ1) is 18.7. The number of carbonyl (C=O) groups excluding carboxylic acids is 1.